The zero-order valence-corrected chi connectivity index (χ0v) is 11.8. The lowest BCUT2D eigenvalue weighted by molar-refractivity contribution is 0.191. The minimum atomic E-state index is -1.01. The second-order valence-electron chi connectivity index (χ2n) is 4.20. The molecule has 106 valence electrons. The molecule has 0 saturated heterocycles. The van der Waals surface area contributed by atoms with Crippen molar-refractivity contribution < 1.29 is 18.3 Å². The van der Waals surface area contributed by atoms with E-state index in [1.54, 1.807) is 6.07 Å². The Morgan fingerprint density at radius 2 is 1.85 bits per heavy atom. The van der Waals surface area contributed by atoms with Crippen LogP contribution in [-0.4, -0.2) is 11.7 Å². The molecular weight excluding hydrogens is 335 g/mol. The average Bonchev–Trinajstić information content (AvgIpc) is 2.41. The van der Waals surface area contributed by atoms with Crippen molar-refractivity contribution in [3.8, 4) is 0 Å². The molecule has 0 aliphatic carbocycles. The normalized spacial score (nSPS) is 12.2. The fourth-order valence-electron chi connectivity index (χ4n) is 1.70. The van der Waals surface area contributed by atoms with Gasteiger partial charge in [-0.05, 0) is 39.7 Å². The number of hydrogen-bond acceptors (Lipinski definition) is 2. The molecule has 0 aliphatic rings. The summed E-state index contributed by atoms with van der Waals surface area (Å²) in [5.74, 6) is -1.94. The van der Waals surface area contributed by atoms with Crippen molar-refractivity contribution >= 4 is 21.6 Å². The largest absolute Gasteiger partial charge is 0.387 e. The van der Waals surface area contributed by atoms with Gasteiger partial charge in [0.1, 0.15) is 17.5 Å². The van der Waals surface area contributed by atoms with Gasteiger partial charge in [0, 0.05) is 12.6 Å². The maximum Gasteiger partial charge on any atom is 0.149 e. The summed E-state index contributed by atoms with van der Waals surface area (Å²) in [6.07, 6.45) is -1.01. The van der Waals surface area contributed by atoms with Crippen molar-refractivity contribution in [2.75, 3.05) is 11.9 Å². The predicted molar refractivity (Wildman–Crippen MR) is 73.9 cm³/mol. The van der Waals surface area contributed by atoms with Crippen LogP contribution in [-0.2, 0) is 0 Å². The van der Waals surface area contributed by atoms with Crippen LogP contribution in [0, 0.1) is 17.5 Å². The molecule has 0 radical (unpaired) electrons. The highest BCUT2D eigenvalue weighted by atomic mass is 79.9. The summed E-state index contributed by atoms with van der Waals surface area (Å²) in [7, 11) is 0. The summed E-state index contributed by atoms with van der Waals surface area (Å²) in [5.41, 5.74) is 0.424. The molecule has 0 heterocycles. The van der Waals surface area contributed by atoms with Crippen LogP contribution in [0.3, 0.4) is 0 Å². The number of anilines is 1. The topological polar surface area (TPSA) is 32.3 Å². The van der Waals surface area contributed by atoms with E-state index in [2.05, 4.69) is 21.2 Å². The first-order valence-electron chi connectivity index (χ1n) is 5.79. The monoisotopic (exact) mass is 345 g/mol. The van der Waals surface area contributed by atoms with Gasteiger partial charge in [-0.1, -0.05) is 12.1 Å². The zero-order chi connectivity index (χ0) is 14.7. The lowest BCUT2D eigenvalue weighted by Crippen LogP contribution is -2.13. The molecule has 2 aromatic carbocycles. The fraction of sp³-hybridized carbons (Fsp3) is 0.143. The van der Waals surface area contributed by atoms with Gasteiger partial charge in [-0.3, -0.25) is 0 Å². The summed E-state index contributed by atoms with van der Waals surface area (Å²) >= 11 is 2.95. The number of aliphatic hydroxyl groups excluding tert-OH is 1. The number of rotatable bonds is 4. The van der Waals surface area contributed by atoms with Gasteiger partial charge in [-0.2, -0.15) is 0 Å². The molecule has 0 spiro atoms. The molecular formula is C14H11BrF3NO. The van der Waals surface area contributed by atoms with Crippen LogP contribution in [0.2, 0.25) is 0 Å². The Balaban J connectivity index is 2.07. The van der Waals surface area contributed by atoms with E-state index in [9.17, 15) is 18.3 Å². The van der Waals surface area contributed by atoms with Gasteiger partial charge in [-0.25, -0.2) is 13.2 Å². The first-order chi connectivity index (χ1) is 9.47. The standard InChI is InChI=1S/C14H11BrF3NO/c15-10-5-13(12(18)6-11(10)17)19-7-14(20)8-2-1-3-9(16)4-8/h1-6,14,19-20H,7H2. The Morgan fingerprint density at radius 3 is 2.55 bits per heavy atom. The van der Waals surface area contributed by atoms with Crippen LogP contribution < -0.4 is 5.32 Å². The maximum atomic E-state index is 13.5. The Labute approximate surface area is 122 Å². The van der Waals surface area contributed by atoms with E-state index < -0.39 is 23.6 Å². The van der Waals surface area contributed by atoms with Gasteiger partial charge >= 0.3 is 0 Å². The average molecular weight is 346 g/mol. The Bertz CT molecular complexity index is 621. The van der Waals surface area contributed by atoms with E-state index in [0.29, 0.717) is 5.56 Å². The van der Waals surface area contributed by atoms with E-state index in [4.69, 9.17) is 0 Å². The highest BCUT2D eigenvalue weighted by Gasteiger charge is 2.11. The number of benzene rings is 2. The Hall–Kier alpha value is -1.53. The molecule has 0 fully saturated rings. The summed E-state index contributed by atoms with van der Waals surface area (Å²) in [6, 6.07) is 7.48. The van der Waals surface area contributed by atoms with Gasteiger partial charge in [0.15, 0.2) is 0 Å². The molecule has 0 aliphatic heterocycles. The smallest absolute Gasteiger partial charge is 0.149 e. The lowest BCUT2D eigenvalue weighted by atomic mass is 10.1. The lowest BCUT2D eigenvalue weighted by Gasteiger charge is -2.14. The molecule has 2 nitrogen and oxygen atoms in total. The van der Waals surface area contributed by atoms with Crippen molar-refractivity contribution in [1.82, 2.24) is 0 Å². The third kappa shape index (κ3) is 3.52. The number of halogens is 4. The van der Waals surface area contributed by atoms with Crippen LogP contribution in [0.15, 0.2) is 40.9 Å². The molecule has 0 saturated carbocycles. The molecule has 6 heteroatoms. The quantitative estimate of drug-likeness (QED) is 0.820. The number of aliphatic hydroxyl groups is 1. The van der Waals surface area contributed by atoms with E-state index in [1.807, 2.05) is 0 Å². The SMILES string of the molecule is OC(CNc1cc(Br)c(F)cc1F)c1cccc(F)c1. The molecule has 1 unspecified atom stereocenters. The fourth-order valence-corrected chi connectivity index (χ4v) is 2.04. The van der Waals surface area contributed by atoms with Crippen molar-refractivity contribution in [3.63, 3.8) is 0 Å². The van der Waals surface area contributed by atoms with E-state index in [1.165, 1.54) is 24.3 Å². The first kappa shape index (κ1) is 14.9. The van der Waals surface area contributed by atoms with Gasteiger partial charge in [0.2, 0.25) is 0 Å². The van der Waals surface area contributed by atoms with Gasteiger partial charge in [-0.15, -0.1) is 0 Å². The predicted octanol–water partition coefficient (Wildman–Crippen LogP) is 4.01. The molecule has 20 heavy (non-hydrogen) atoms. The molecule has 0 aromatic heterocycles. The highest BCUT2D eigenvalue weighted by molar-refractivity contribution is 9.10. The zero-order valence-electron chi connectivity index (χ0n) is 10.2. The van der Waals surface area contributed by atoms with Crippen LogP contribution in [0.25, 0.3) is 0 Å². The van der Waals surface area contributed by atoms with E-state index >= 15 is 0 Å². The van der Waals surface area contributed by atoms with Gasteiger partial charge < -0.3 is 10.4 Å². The third-order valence-electron chi connectivity index (χ3n) is 2.73. The van der Waals surface area contributed by atoms with Gasteiger partial charge in [0.05, 0.1) is 16.3 Å². The second-order valence-corrected chi connectivity index (χ2v) is 5.05. The first-order valence-corrected chi connectivity index (χ1v) is 6.58. The van der Waals surface area contributed by atoms with Crippen LogP contribution in [0.1, 0.15) is 11.7 Å². The van der Waals surface area contributed by atoms with Gasteiger partial charge in [0.25, 0.3) is 0 Å². The van der Waals surface area contributed by atoms with Crippen molar-refractivity contribution in [3.05, 3.63) is 63.9 Å². The number of nitrogens with one attached hydrogen (secondary N) is 1. The molecule has 2 N–H and O–H groups in total. The minimum Gasteiger partial charge on any atom is -0.387 e. The highest BCUT2D eigenvalue weighted by Crippen LogP contribution is 2.24. The van der Waals surface area contributed by atoms with Crippen LogP contribution in [0.4, 0.5) is 18.9 Å². The van der Waals surface area contributed by atoms with Crippen molar-refractivity contribution in [2.24, 2.45) is 0 Å². The van der Waals surface area contributed by atoms with Crippen molar-refractivity contribution in [1.29, 1.82) is 0 Å². The maximum absolute atomic E-state index is 13.5. The Morgan fingerprint density at radius 1 is 1.10 bits per heavy atom. The van der Waals surface area contributed by atoms with E-state index in [-0.39, 0.29) is 16.7 Å². The van der Waals surface area contributed by atoms with Crippen LogP contribution in [0.5, 0.6) is 0 Å². The molecule has 1 atom stereocenters. The summed E-state index contributed by atoms with van der Waals surface area (Å²) in [4.78, 5) is 0. The second kappa shape index (κ2) is 6.28. The summed E-state index contributed by atoms with van der Waals surface area (Å²) in [6.45, 7) is -0.0293. The van der Waals surface area contributed by atoms with E-state index in [0.717, 1.165) is 6.07 Å². The molecule has 0 amide bonds. The summed E-state index contributed by atoms with van der Waals surface area (Å²) < 4.78 is 39.7. The summed E-state index contributed by atoms with van der Waals surface area (Å²) in [5, 5.41) is 12.5. The van der Waals surface area contributed by atoms with Crippen LogP contribution >= 0.6 is 15.9 Å². The Kier molecular flexibility index (Phi) is 4.67. The van der Waals surface area contributed by atoms with Crippen molar-refractivity contribution in [2.45, 2.75) is 6.10 Å². The molecule has 0 bridgehead atoms. The minimum absolute atomic E-state index is 0.0293. The third-order valence-corrected chi connectivity index (χ3v) is 3.34. The number of hydrogen-bond donors (Lipinski definition) is 2. The molecule has 2 rings (SSSR count). The molecule has 2 aromatic rings.